The predicted octanol–water partition coefficient (Wildman–Crippen LogP) is -0.211. The summed E-state index contributed by atoms with van der Waals surface area (Å²) in [7, 11) is -5.64. The Kier molecular flexibility index (Phi) is 14.7. The summed E-state index contributed by atoms with van der Waals surface area (Å²) in [4.78, 5) is 16.9. The van der Waals surface area contributed by atoms with E-state index in [4.69, 9.17) is 14.4 Å². The molecule has 0 aromatic heterocycles. The number of halogens is 1. The van der Waals surface area contributed by atoms with Crippen LogP contribution in [0.5, 0.6) is 0 Å². The van der Waals surface area contributed by atoms with E-state index < -0.39 is 7.91 Å². The molecule has 0 aliphatic rings. The monoisotopic (exact) mass is 202 g/mol. The van der Waals surface area contributed by atoms with E-state index in [0.29, 0.717) is 0 Å². The maximum absolute atomic E-state index is 10.1. The van der Waals surface area contributed by atoms with Crippen molar-refractivity contribution in [1.82, 2.24) is 0 Å². The van der Waals surface area contributed by atoms with Crippen LogP contribution in [0.1, 0.15) is 0 Å². The van der Waals surface area contributed by atoms with Crippen molar-refractivity contribution in [3.8, 4) is 0 Å². The molecule has 0 aromatic carbocycles. The zero-order valence-electron chi connectivity index (χ0n) is 4.34. The van der Waals surface area contributed by atoms with E-state index >= 15 is 0 Å². The first kappa shape index (κ1) is 16.1. The predicted molar refractivity (Wildman–Crippen MR) is 24.3 cm³/mol. The maximum Gasteiger partial charge on any atom is 2.00 e. The molecule has 0 amide bonds. The summed E-state index contributed by atoms with van der Waals surface area (Å²) in [6.07, 6.45) is 1.50. The minimum Gasteiger partial charge on any atom is -0.786 e. The molecule has 0 aliphatic heterocycles. The van der Waals surface area contributed by atoms with Gasteiger partial charge in [0.1, 0.15) is 7.91 Å². The largest absolute Gasteiger partial charge is 2.00 e. The molecule has 0 unspecified atom stereocenters. The molecule has 59 valence electrons. The van der Waals surface area contributed by atoms with Crippen molar-refractivity contribution in [3.63, 3.8) is 0 Å². The Morgan fingerprint density at radius 1 is 1.67 bits per heavy atom. The zero-order valence-corrected chi connectivity index (χ0v) is 6.18. The van der Waals surface area contributed by atoms with E-state index in [9.17, 15) is 4.20 Å². The Balaban J connectivity index is -0.0000000800. The van der Waals surface area contributed by atoms with Crippen LogP contribution >= 0.6 is 7.91 Å². The van der Waals surface area contributed by atoms with Crippen LogP contribution in [0, 0.1) is 6.92 Å². The molecule has 0 heterocycles. The first-order valence-corrected chi connectivity index (χ1v) is 2.97. The van der Waals surface area contributed by atoms with E-state index in [0.717, 1.165) is 0 Å². The second-order valence-corrected chi connectivity index (χ2v) is 1.58. The zero-order chi connectivity index (χ0) is 7.21. The molecular formula is C3H5CuFO3P-. The fourth-order valence-electron chi connectivity index (χ4n) is 0. The van der Waals surface area contributed by atoms with Crippen molar-refractivity contribution in [2.45, 2.75) is 0 Å². The third kappa shape index (κ3) is 7210. The van der Waals surface area contributed by atoms with Gasteiger partial charge in [-0.15, -0.1) is 0 Å². The standard InChI is InChI=1S/C3H5.Cu.FH2O3P/c1-3-2;;1-5(2,3)4/h3H,1-2H2;;(H2,2,3,4)/q-1;+2;/p-2. The van der Waals surface area contributed by atoms with Gasteiger partial charge in [0.05, 0.1) is 0 Å². The van der Waals surface area contributed by atoms with Crippen molar-refractivity contribution in [1.29, 1.82) is 0 Å². The van der Waals surface area contributed by atoms with Crippen LogP contribution < -0.4 is 9.79 Å². The number of allylic oxidation sites excluding steroid dienone is 1. The molecule has 9 heavy (non-hydrogen) atoms. The molecule has 0 aliphatic carbocycles. The summed E-state index contributed by atoms with van der Waals surface area (Å²) in [6, 6.07) is 0. The van der Waals surface area contributed by atoms with E-state index in [1.54, 1.807) is 0 Å². The van der Waals surface area contributed by atoms with Gasteiger partial charge in [-0.3, -0.25) is 0 Å². The third-order valence-corrected chi connectivity index (χ3v) is 0. The van der Waals surface area contributed by atoms with E-state index in [1.807, 2.05) is 0 Å². The first-order chi connectivity index (χ1) is 3.41. The van der Waals surface area contributed by atoms with Crippen LogP contribution in [0.2, 0.25) is 0 Å². The molecule has 0 saturated carbocycles. The van der Waals surface area contributed by atoms with Crippen LogP contribution in [0.3, 0.4) is 0 Å². The Bertz CT molecular complexity index is 93.0. The van der Waals surface area contributed by atoms with Crippen molar-refractivity contribution in [2.75, 3.05) is 0 Å². The number of rotatable bonds is 0. The number of hydrogen-bond acceptors (Lipinski definition) is 3. The van der Waals surface area contributed by atoms with Gasteiger partial charge in [-0.1, -0.05) is 0 Å². The van der Waals surface area contributed by atoms with Crippen LogP contribution in [0.4, 0.5) is 4.20 Å². The van der Waals surface area contributed by atoms with Crippen molar-refractivity contribution in [3.05, 3.63) is 19.6 Å². The van der Waals surface area contributed by atoms with E-state index in [2.05, 4.69) is 13.5 Å². The fraction of sp³-hybridized carbons (Fsp3) is 0. The minimum absolute atomic E-state index is 0. The SMILES string of the molecule is C=C[CH2-].O=P([O-])([O-])F.[Cu+2]. The van der Waals surface area contributed by atoms with Gasteiger partial charge >= 0.3 is 17.1 Å². The molecule has 0 atom stereocenters. The van der Waals surface area contributed by atoms with Gasteiger partial charge in [0.2, 0.25) is 0 Å². The second kappa shape index (κ2) is 8.21. The van der Waals surface area contributed by atoms with Crippen molar-refractivity contribution >= 4 is 7.91 Å². The minimum atomic E-state index is -5.64. The summed E-state index contributed by atoms with van der Waals surface area (Å²) in [5.74, 6) is 0. The molecule has 0 aromatic rings. The van der Waals surface area contributed by atoms with Gasteiger partial charge in [0.25, 0.3) is 0 Å². The molecular weight excluding hydrogens is 198 g/mol. The Hall–Kier alpha value is 0.209. The van der Waals surface area contributed by atoms with Gasteiger partial charge in [-0.25, -0.2) is 23.8 Å². The Morgan fingerprint density at radius 3 is 1.67 bits per heavy atom. The van der Waals surface area contributed by atoms with Gasteiger partial charge < -0.3 is 14.4 Å². The molecule has 0 rings (SSSR count). The Morgan fingerprint density at radius 2 is 1.67 bits per heavy atom. The smallest absolute Gasteiger partial charge is 0.786 e. The van der Waals surface area contributed by atoms with E-state index in [-0.39, 0.29) is 17.1 Å². The molecule has 0 N–H and O–H groups in total. The maximum atomic E-state index is 10.1. The van der Waals surface area contributed by atoms with Crippen LogP contribution in [-0.4, -0.2) is 0 Å². The van der Waals surface area contributed by atoms with Crippen LogP contribution in [0.25, 0.3) is 0 Å². The molecule has 1 radical (unpaired) electrons. The van der Waals surface area contributed by atoms with Crippen LogP contribution in [0.15, 0.2) is 12.7 Å². The summed E-state index contributed by atoms with van der Waals surface area (Å²) in [5.41, 5.74) is 0. The normalized spacial score (nSPS) is 7.89. The molecule has 0 saturated heterocycles. The summed E-state index contributed by atoms with van der Waals surface area (Å²) < 4.78 is 18.6. The molecule has 0 bridgehead atoms. The number of hydrogen-bond donors (Lipinski definition) is 0. The molecule has 0 fully saturated rings. The summed E-state index contributed by atoms with van der Waals surface area (Å²) in [5, 5.41) is 0. The quantitative estimate of drug-likeness (QED) is 0.310. The van der Waals surface area contributed by atoms with Gasteiger partial charge in [-0.2, -0.15) is 0 Å². The van der Waals surface area contributed by atoms with Gasteiger partial charge in [0.15, 0.2) is 0 Å². The summed E-state index contributed by atoms with van der Waals surface area (Å²) in [6.45, 7) is 6.50. The molecule has 3 nitrogen and oxygen atoms in total. The average molecular weight is 203 g/mol. The fourth-order valence-corrected chi connectivity index (χ4v) is 0. The molecule has 0 spiro atoms. The van der Waals surface area contributed by atoms with Crippen LogP contribution in [-0.2, 0) is 21.6 Å². The van der Waals surface area contributed by atoms with Gasteiger partial charge in [0, 0.05) is 0 Å². The van der Waals surface area contributed by atoms with Gasteiger partial charge in [-0.05, 0) is 0 Å². The first-order valence-electron chi connectivity index (χ1n) is 1.53. The van der Waals surface area contributed by atoms with Crippen molar-refractivity contribution < 1.29 is 35.6 Å². The van der Waals surface area contributed by atoms with E-state index in [1.165, 1.54) is 6.08 Å². The third-order valence-electron chi connectivity index (χ3n) is 0. The Labute approximate surface area is 63.7 Å². The molecule has 6 heteroatoms. The van der Waals surface area contributed by atoms with Crippen molar-refractivity contribution in [2.24, 2.45) is 0 Å². The average Bonchev–Trinajstić information content (AvgIpc) is 1.27. The second-order valence-electron chi connectivity index (χ2n) is 0.719. The topological polar surface area (TPSA) is 63.2 Å². The summed E-state index contributed by atoms with van der Waals surface area (Å²) >= 11 is 0.